The summed E-state index contributed by atoms with van der Waals surface area (Å²) in [6.07, 6.45) is 1.16. The van der Waals surface area contributed by atoms with E-state index in [1.807, 2.05) is 24.3 Å². The average Bonchev–Trinajstić information content (AvgIpc) is 2.64. The lowest BCUT2D eigenvalue weighted by Crippen LogP contribution is -2.33. The van der Waals surface area contributed by atoms with E-state index in [-0.39, 0.29) is 11.9 Å². The molecule has 4 heteroatoms. The largest absolute Gasteiger partial charge is 0.390 e. The molecule has 0 heterocycles. The van der Waals surface area contributed by atoms with Crippen molar-refractivity contribution < 1.29 is 9.90 Å². The summed E-state index contributed by atoms with van der Waals surface area (Å²) < 4.78 is 0. The Hall–Kier alpha value is -1.06. The van der Waals surface area contributed by atoms with Crippen LogP contribution in [0.15, 0.2) is 24.3 Å². The molecule has 1 amide bonds. The van der Waals surface area contributed by atoms with Crippen molar-refractivity contribution in [2.24, 2.45) is 0 Å². The Morgan fingerprint density at radius 3 is 3.00 bits per heavy atom. The summed E-state index contributed by atoms with van der Waals surface area (Å²) in [7, 11) is 0. The first kappa shape index (κ1) is 12.4. The number of amides is 1. The van der Waals surface area contributed by atoms with Crippen LogP contribution in [-0.2, 0) is 11.2 Å². The van der Waals surface area contributed by atoms with Crippen LogP contribution < -0.4 is 5.32 Å². The van der Waals surface area contributed by atoms with Crippen molar-refractivity contribution in [3.63, 3.8) is 0 Å². The molecule has 1 aromatic carbocycles. The first-order valence-corrected chi connectivity index (χ1v) is 6.37. The molecule has 1 aromatic rings. The SMILES string of the molecule is O=C(CCCCl)N[C@@H]1c2ccccc2C[C@@H]1O. The highest BCUT2D eigenvalue weighted by Crippen LogP contribution is 2.31. The van der Waals surface area contributed by atoms with Crippen LogP contribution in [0, 0.1) is 0 Å². The van der Waals surface area contributed by atoms with Crippen LogP contribution in [0.2, 0.25) is 0 Å². The number of aliphatic hydroxyl groups is 1. The smallest absolute Gasteiger partial charge is 0.220 e. The molecule has 17 heavy (non-hydrogen) atoms. The molecule has 3 nitrogen and oxygen atoms in total. The van der Waals surface area contributed by atoms with Gasteiger partial charge in [-0.3, -0.25) is 4.79 Å². The Labute approximate surface area is 106 Å². The highest BCUT2D eigenvalue weighted by atomic mass is 35.5. The fraction of sp³-hybridized carbons (Fsp3) is 0.462. The maximum absolute atomic E-state index is 11.6. The van der Waals surface area contributed by atoms with Crippen molar-refractivity contribution in [3.05, 3.63) is 35.4 Å². The van der Waals surface area contributed by atoms with Gasteiger partial charge in [-0.05, 0) is 17.5 Å². The Morgan fingerprint density at radius 2 is 2.24 bits per heavy atom. The molecule has 0 aromatic heterocycles. The summed E-state index contributed by atoms with van der Waals surface area (Å²) >= 11 is 5.54. The molecule has 1 aliphatic rings. The zero-order chi connectivity index (χ0) is 12.3. The molecule has 92 valence electrons. The van der Waals surface area contributed by atoms with Crippen LogP contribution in [0.4, 0.5) is 0 Å². The number of carbonyl (C=O) groups is 1. The van der Waals surface area contributed by atoms with Gasteiger partial charge < -0.3 is 10.4 Å². The molecule has 2 N–H and O–H groups in total. The van der Waals surface area contributed by atoms with Crippen LogP contribution >= 0.6 is 11.6 Å². The molecule has 0 aliphatic heterocycles. The molecule has 0 bridgehead atoms. The Kier molecular flexibility index (Phi) is 4.02. The summed E-state index contributed by atoms with van der Waals surface area (Å²) in [6, 6.07) is 7.55. The third kappa shape index (κ3) is 2.79. The third-order valence-electron chi connectivity index (χ3n) is 3.06. The number of benzene rings is 1. The van der Waals surface area contributed by atoms with Crippen molar-refractivity contribution in [2.45, 2.75) is 31.4 Å². The van der Waals surface area contributed by atoms with E-state index in [0.717, 1.165) is 11.1 Å². The number of nitrogens with one attached hydrogen (secondary N) is 1. The lowest BCUT2D eigenvalue weighted by Gasteiger charge is -2.17. The highest BCUT2D eigenvalue weighted by molar-refractivity contribution is 6.17. The van der Waals surface area contributed by atoms with E-state index in [1.165, 1.54) is 0 Å². The molecule has 0 radical (unpaired) electrons. The van der Waals surface area contributed by atoms with Crippen LogP contribution in [-0.4, -0.2) is 23.0 Å². The molecule has 1 aliphatic carbocycles. The second-order valence-corrected chi connectivity index (χ2v) is 4.69. The zero-order valence-electron chi connectivity index (χ0n) is 9.53. The fourth-order valence-electron chi connectivity index (χ4n) is 2.22. The van der Waals surface area contributed by atoms with E-state index < -0.39 is 6.10 Å². The summed E-state index contributed by atoms with van der Waals surface area (Å²) in [6.45, 7) is 0. The Bertz CT molecular complexity index is 408. The minimum Gasteiger partial charge on any atom is -0.390 e. The van der Waals surface area contributed by atoms with E-state index >= 15 is 0 Å². The molecule has 0 saturated heterocycles. The van der Waals surface area contributed by atoms with Gasteiger partial charge in [0, 0.05) is 18.7 Å². The predicted molar refractivity (Wildman–Crippen MR) is 67.0 cm³/mol. The predicted octanol–water partition coefficient (Wildman–Crippen LogP) is 1.78. The van der Waals surface area contributed by atoms with Crippen molar-refractivity contribution >= 4 is 17.5 Å². The topological polar surface area (TPSA) is 49.3 Å². The lowest BCUT2D eigenvalue weighted by molar-refractivity contribution is -0.122. The summed E-state index contributed by atoms with van der Waals surface area (Å²) in [4.78, 5) is 11.6. The molecule has 0 unspecified atom stereocenters. The Morgan fingerprint density at radius 1 is 1.47 bits per heavy atom. The van der Waals surface area contributed by atoms with Crippen LogP contribution in [0.25, 0.3) is 0 Å². The highest BCUT2D eigenvalue weighted by Gasteiger charge is 2.31. The number of hydrogen-bond acceptors (Lipinski definition) is 2. The second kappa shape index (κ2) is 5.52. The molecule has 2 rings (SSSR count). The van der Waals surface area contributed by atoms with Crippen molar-refractivity contribution in [3.8, 4) is 0 Å². The van der Waals surface area contributed by atoms with Gasteiger partial charge >= 0.3 is 0 Å². The molecular weight excluding hydrogens is 238 g/mol. The van der Waals surface area contributed by atoms with Crippen LogP contribution in [0.5, 0.6) is 0 Å². The van der Waals surface area contributed by atoms with Crippen molar-refractivity contribution in [1.82, 2.24) is 5.32 Å². The summed E-state index contributed by atoms with van der Waals surface area (Å²) in [5, 5.41) is 12.8. The number of hydrogen-bond donors (Lipinski definition) is 2. The van der Waals surface area contributed by atoms with Gasteiger partial charge in [-0.15, -0.1) is 11.6 Å². The fourth-order valence-corrected chi connectivity index (χ4v) is 2.35. The summed E-state index contributed by atoms with van der Waals surface area (Å²) in [5.41, 5.74) is 2.14. The standard InChI is InChI=1S/C13H16ClNO2/c14-7-3-6-12(17)15-13-10-5-2-1-4-9(10)8-11(13)16/h1-2,4-5,11,13,16H,3,6-8H2,(H,15,17)/t11-,13+/m0/s1. The normalized spacial score (nSPS) is 22.2. The molecule has 0 fully saturated rings. The maximum atomic E-state index is 11.6. The first-order valence-electron chi connectivity index (χ1n) is 5.83. The van der Waals surface area contributed by atoms with Gasteiger partial charge in [0.15, 0.2) is 0 Å². The monoisotopic (exact) mass is 253 g/mol. The molecular formula is C13H16ClNO2. The molecule has 0 saturated carbocycles. The van der Waals surface area contributed by atoms with Gasteiger partial charge in [0.2, 0.25) is 5.91 Å². The van der Waals surface area contributed by atoms with Crippen molar-refractivity contribution in [1.29, 1.82) is 0 Å². The minimum absolute atomic E-state index is 0.0496. The van der Waals surface area contributed by atoms with E-state index in [0.29, 0.717) is 25.1 Å². The maximum Gasteiger partial charge on any atom is 0.220 e. The average molecular weight is 254 g/mol. The van der Waals surface area contributed by atoms with Crippen molar-refractivity contribution in [2.75, 3.05) is 5.88 Å². The number of halogens is 1. The minimum atomic E-state index is -0.521. The quantitative estimate of drug-likeness (QED) is 0.804. The third-order valence-corrected chi connectivity index (χ3v) is 3.33. The number of fused-ring (bicyclic) bond motifs is 1. The van der Waals surface area contributed by atoms with E-state index in [1.54, 1.807) is 0 Å². The van der Waals surface area contributed by atoms with Gasteiger partial charge in [-0.25, -0.2) is 0 Å². The van der Waals surface area contributed by atoms with Gasteiger partial charge in [0.05, 0.1) is 12.1 Å². The first-order chi connectivity index (χ1) is 8.22. The van der Waals surface area contributed by atoms with E-state index in [9.17, 15) is 9.90 Å². The lowest BCUT2D eigenvalue weighted by atomic mass is 10.1. The van der Waals surface area contributed by atoms with Gasteiger partial charge in [0.25, 0.3) is 0 Å². The van der Waals surface area contributed by atoms with E-state index in [2.05, 4.69) is 5.32 Å². The molecule has 2 atom stereocenters. The van der Waals surface area contributed by atoms with Gasteiger partial charge in [-0.2, -0.15) is 0 Å². The second-order valence-electron chi connectivity index (χ2n) is 4.31. The summed E-state index contributed by atoms with van der Waals surface area (Å²) in [5.74, 6) is 0.434. The van der Waals surface area contributed by atoms with Crippen LogP contribution in [0.3, 0.4) is 0 Å². The van der Waals surface area contributed by atoms with Crippen LogP contribution in [0.1, 0.15) is 30.0 Å². The number of rotatable bonds is 4. The molecule has 0 spiro atoms. The van der Waals surface area contributed by atoms with Gasteiger partial charge in [-0.1, -0.05) is 24.3 Å². The Balaban J connectivity index is 2.04. The number of carbonyl (C=O) groups excluding carboxylic acids is 1. The zero-order valence-corrected chi connectivity index (χ0v) is 10.3. The van der Waals surface area contributed by atoms with E-state index in [4.69, 9.17) is 11.6 Å². The van der Waals surface area contributed by atoms with Gasteiger partial charge in [0.1, 0.15) is 0 Å². The number of alkyl halides is 1. The number of aliphatic hydroxyl groups excluding tert-OH is 1.